The summed E-state index contributed by atoms with van der Waals surface area (Å²) < 4.78 is 0. The van der Waals surface area contributed by atoms with Gasteiger partial charge in [0.05, 0.1) is 0 Å². The number of hydrogen-bond donors (Lipinski definition) is 2. The summed E-state index contributed by atoms with van der Waals surface area (Å²) in [5.41, 5.74) is 1.83. The number of unbranched alkanes of at least 4 members (excludes halogenated alkanes) is 1. The first kappa shape index (κ1) is 17.0. The van der Waals surface area contributed by atoms with Crippen molar-refractivity contribution in [2.45, 2.75) is 46.1 Å². The maximum absolute atomic E-state index is 12.3. The summed E-state index contributed by atoms with van der Waals surface area (Å²) in [5, 5.41) is 11.8. The number of amides is 2. The lowest BCUT2D eigenvalue weighted by Crippen LogP contribution is -2.48. The van der Waals surface area contributed by atoms with Crippen molar-refractivity contribution in [1.82, 2.24) is 5.32 Å². The molecule has 0 aliphatic carbocycles. The van der Waals surface area contributed by atoms with E-state index in [-0.39, 0.29) is 6.03 Å². The van der Waals surface area contributed by atoms with Crippen LogP contribution < -0.4 is 10.2 Å². The summed E-state index contributed by atoms with van der Waals surface area (Å²) in [7, 11) is 0. The molecule has 1 atom stereocenters. The average molecular weight is 292 g/mol. The Labute approximate surface area is 126 Å². The number of benzene rings is 1. The summed E-state index contributed by atoms with van der Waals surface area (Å²) in [4.78, 5) is 25.1. The molecule has 0 aromatic heterocycles. The third kappa shape index (κ3) is 5.10. The van der Waals surface area contributed by atoms with E-state index in [1.807, 2.05) is 45.0 Å². The quantitative estimate of drug-likeness (QED) is 0.811. The van der Waals surface area contributed by atoms with Crippen LogP contribution in [0.25, 0.3) is 0 Å². The van der Waals surface area contributed by atoms with E-state index in [4.69, 9.17) is 0 Å². The smallest absolute Gasteiger partial charge is 0.326 e. The Hall–Kier alpha value is -2.04. The Balaban J connectivity index is 2.80. The number of carbonyl (C=O) groups is 2. The number of urea groups is 1. The molecule has 2 N–H and O–H groups in total. The molecular weight excluding hydrogens is 268 g/mol. The first-order valence-electron chi connectivity index (χ1n) is 7.37. The van der Waals surface area contributed by atoms with Gasteiger partial charge in [0.2, 0.25) is 0 Å². The molecule has 0 aliphatic rings. The molecule has 2 amide bonds. The van der Waals surface area contributed by atoms with Crippen molar-refractivity contribution in [3.8, 4) is 0 Å². The van der Waals surface area contributed by atoms with Gasteiger partial charge in [0.25, 0.3) is 0 Å². The highest BCUT2D eigenvalue weighted by Gasteiger charge is 2.22. The topological polar surface area (TPSA) is 69.6 Å². The van der Waals surface area contributed by atoms with Crippen LogP contribution in [0, 0.1) is 6.92 Å². The van der Waals surface area contributed by atoms with E-state index in [1.54, 1.807) is 4.90 Å². The van der Waals surface area contributed by atoms with Gasteiger partial charge in [-0.1, -0.05) is 31.9 Å². The number of carboxylic acids is 1. The van der Waals surface area contributed by atoms with Gasteiger partial charge >= 0.3 is 12.0 Å². The third-order valence-corrected chi connectivity index (χ3v) is 3.32. The fourth-order valence-corrected chi connectivity index (χ4v) is 2.13. The fourth-order valence-electron chi connectivity index (χ4n) is 2.13. The molecule has 1 unspecified atom stereocenters. The van der Waals surface area contributed by atoms with Crippen LogP contribution in [0.1, 0.15) is 38.7 Å². The van der Waals surface area contributed by atoms with Crippen molar-refractivity contribution in [1.29, 1.82) is 0 Å². The summed E-state index contributed by atoms with van der Waals surface area (Å²) >= 11 is 0. The molecule has 0 spiro atoms. The third-order valence-electron chi connectivity index (χ3n) is 3.32. The molecule has 0 fully saturated rings. The number of carbonyl (C=O) groups excluding carboxylic acids is 1. The highest BCUT2D eigenvalue weighted by atomic mass is 16.4. The van der Waals surface area contributed by atoms with Gasteiger partial charge in [-0.25, -0.2) is 9.59 Å². The van der Waals surface area contributed by atoms with Crippen LogP contribution >= 0.6 is 0 Å². The number of carboxylic acid groups (broad SMARTS) is 1. The lowest BCUT2D eigenvalue weighted by molar-refractivity contribution is -0.139. The first-order chi connectivity index (χ1) is 9.99. The van der Waals surface area contributed by atoms with Gasteiger partial charge in [0.15, 0.2) is 0 Å². The molecule has 1 aromatic rings. The van der Waals surface area contributed by atoms with E-state index in [9.17, 15) is 14.7 Å². The van der Waals surface area contributed by atoms with E-state index in [0.29, 0.717) is 13.0 Å². The minimum absolute atomic E-state index is 0.369. The predicted molar refractivity (Wildman–Crippen MR) is 83.7 cm³/mol. The molecule has 0 heterocycles. The van der Waals surface area contributed by atoms with Crippen molar-refractivity contribution >= 4 is 17.7 Å². The van der Waals surface area contributed by atoms with Gasteiger partial charge in [-0.15, -0.1) is 0 Å². The van der Waals surface area contributed by atoms with Crippen molar-refractivity contribution in [3.05, 3.63) is 29.8 Å². The highest BCUT2D eigenvalue weighted by Crippen LogP contribution is 2.16. The molecule has 1 rings (SSSR count). The largest absolute Gasteiger partial charge is 0.480 e. The number of aliphatic carboxylic acids is 1. The first-order valence-corrected chi connectivity index (χ1v) is 7.37. The van der Waals surface area contributed by atoms with Crippen LogP contribution in [0.3, 0.4) is 0 Å². The van der Waals surface area contributed by atoms with Crippen LogP contribution in [0.2, 0.25) is 0 Å². The number of nitrogens with one attached hydrogen (secondary N) is 1. The second kappa shape index (κ2) is 8.29. The van der Waals surface area contributed by atoms with Gasteiger partial charge in [-0.2, -0.15) is 0 Å². The molecule has 0 radical (unpaired) electrons. The monoisotopic (exact) mass is 292 g/mol. The van der Waals surface area contributed by atoms with Gasteiger partial charge in [0, 0.05) is 12.2 Å². The van der Waals surface area contributed by atoms with Gasteiger partial charge in [0.1, 0.15) is 6.04 Å². The van der Waals surface area contributed by atoms with Crippen LogP contribution in [0.4, 0.5) is 10.5 Å². The van der Waals surface area contributed by atoms with Crippen LogP contribution in [0.15, 0.2) is 24.3 Å². The zero-order valence-corrected chi connectivity index (χ0v) is 12.9. The average Bonchev–Trinajstić information content (AvgIpc) is 2.44. The van der Waals surface area contributed by atoms with E-state index >= 15 is 0 Å². The number of nitrogens with zero attached hydrogens (tertiary/aromatic N) is 1. The van der Waals surface area contributed by atoms with Crippen molar-refractivity contribution in [2.24, 2.45) is 0 Å². The maximum atomic E-state index is 12.3. The Kier molecular flexibility index (Phi) is 6.72. The Morgan fingerprint density at radius 1 is 1.33 bits per heavy atom. The second-order valence-corrected chi connectivity index (χ2v) is 5.07. The molecule has 0 aliphatic heterocycles. The second-order valence-electron chi connectivity index (χ2n) is 5.07. The number of aryl methyl sites for hydroxylation is 1. The molecule has 21 heavy (non-hydrogen) atoms. The van der Waals surface area contributed by atoms with E-state index < -0.39 is 12.0 Å². The minimum atomic E-state index is -0.989. The molecule has 5 nitrogen and oxygen atoms in total. The highest BCUT2D eigenvalue weighted by molar-refractivity contribution is 5.94. The van der Waals surface area contributed by atoms with Crippen molar-refractivity contribution in [2.75, 3.05) is 11.4 Å². The molecular formula is C16H24N2O3. The minimum Gasteiger partial charge on any atom is -0.480 e. The van der Waals surface area contributed by atoms with Crippen molar-refractivity contribution in [3.63, 3.8) is 0 Å². The Morgan fingerprint density at radius 2 is 2.05 bits per heavy atom. The van der Waals surface area contributed by atoms with Crippen molar-refractivity contribution < 1.29 is 14.7 Å². The zero-order valence-electron chi connectivity index (χ0n) is 12.9. The number of rotatable bonds is 7. The molecule has 0 saturated heterocycles. The zero-order chi connectivity index (χ0) is 15.8. The fraction of sp³-hybridized carbons (Fsp3) is 0.500. The summed E-state index contributed by atoms with van der Waals surface area (Å²) in [5.74, 6) is -0.989. The van der Waals surface area contributed by atoms with Crippen LogP contribution in [-0.2, 0) is 4.79 Å². The SMILES string of the molecule is CCCCC(NC(=O)N(CC)c1cccc(C)c1)C(=O)O. The summed E-state index contributed by atoms with van der Waals surface area (Å²) in [6, 6.07) is 6.38. The lowest BCUT2D eigenvalue weighted by atomic mass is 10.1. The van der Waals surface area contributed by atoms with Gasteiger partial charge in [-0.05, 0) is 38.0 Å². The normalized spacial score (nSPS) is 11.8. The molecule has 0 saturated carbocycles. The number of hydrogen-bond acceptors (Lipinski definition) is 2. The van der Waals surface area contributed by atoms with Crippen LogP contribution in [0.5, 0.6) is 0 Å². The predicted octanol–water partition coefficient (Wildman–Crippen LogP) is 3.17. The maximum Gasteiger partial charge on any atom is 0.326 e. The van der Waals surface area contributed by atoms with Crippen LogP contribution in [-0.4, -0.2) is 29.7 Å². The van der Waals surface area contributed by atoms with Gasteiger partial charge < -0.3 is 10.4 Å². The standard InChI is InChI=1S/C16H24N2O3/c1-4-6-10-14(15(19)20)17-16(21)18(5-2)13-9-7-8-12(3)11-13/h7-9,11,14H,4-6,10H2,1-3H3,(H,17,21)(H,19,20). The van der Waals surface area contributed by atoms with E-state index in [1.165, 1.54) is 0 Å². The molecule has 116 valence electrons. The Morgan fingerprint density at radius 3 is 2.57 bits per heavy atom. The lowest BCUT2D eigenvalue weighted by Gasteiger charge is -2.24. The van der Waals surface area contributed by atoms with E-state index in [2.05, 4.69) is 5.32 Å². The summed E-state index contributed by atoms with van der Waals surface area (Å²) in [6.07, 6.45) is 2.12. The molecule has 0 bridgehead atoms. The van der Waals surface area contributed by atoms with E-state index in [0.717, 1.165) is 24.1 Å². The molecule has 5 heteroatoms. The number of anilines is 1. The van der Waals surface area contributed by atoms with Gasteiger partial charge in [-0.3, -0.25) is 4.90 Å². The summed E-state index contributed by atoms with van der Waals surface area (Å²) in [6.45, 7) is 6.29. The molecule has 1 aromatic carbocycles. The Bertz CT molecular complexity index is 488.